The Morgan fingerprint density at radius 2 is 1.71 bits per heavy atom. The number of hydrogen-bond donors (Lipinski definition) is 1. The van der Waals surface area contributed by atoms with Gasteiger partial charge in [0.25, 0.3) is 11.8 Å². The molecular weight excluding hydrogens is 464 g/mol. The molecule has 0 atom stereocenters. The zero-order valence-electron chi connectivity index (χ0n) is 20.9. The van der Waals surface area contributed by atoms with Gasteiger partial charge in [0, 0.05) is 38.6 Å². The van der Waals surface area contributed by atoms with Crippen molar-refractivity contribution in [1.29, 1.82) is 0 Å². The van der Waals surface area contributed by atoms with E-state index < -0.39 is 0 Å². The number of benzene rings is 2. The molecule has 1 N–H and O–H groups in total. The maximum Gasteiger partial charge on any atom is 0.259 e. The molecule has 2 amide bonds. The van der Waals surface area contributed by atoms with Gasteiger partial charge in [0.15, 0.2) is 12.4 Å². The SMILES string of the molecule is CN(C)C(=O)COc1ccc(C(=O)Nc2ccc(C(C)(C)C)cc2)cc1N(C)c1ncccc1Cl. The van der Waals surface area contributed by atoms with Gasteiger partial charge in [-0.15, -0.1) is 0 Å². The minimum Gasteiger partial charge on any atom is -0.482 e. The number of hydrogen-bond acceptors (Lipinski definition) is 5. The molecule has 3 rings (SSSR count). The third kappa shape index (κ3) is 6.51. The summed E-state index contributed by atoms with van der Waals surface area (Å²) in [6.07, 6.45) is 1.63. The molecule has 1 heterocycles. The van der Waals surface area contributed by atoms with Crippen molar-refractivity contribution in [2.75, 3.05) is 38.0 Å². The van der Waals surface area contributed by atoms with Crippen molar-refractivity contribution in [3.8, 4) is 5.75 Å². The average molecular weight is 495 g/mol. The number of pyridine rings is 1. The van der Waals surface area contributed by atoms with Gasteiger partial charge in [0.2, 0.25) is 0 Å². The molecular formula is C27H31ClN4O3. The summed E-state index contributed by atoms with van der Waals surface area (Å²) >= 11 is 6.36. The van der Waals surface area contributed by atoms with E-state index in [2.05, 4.69) is 31.1 Å². The molecule has 8 heteroatoms. The lowest BCUT2D eigenvalue weighted by molar-refractivity contribution is -0.130. The molecule has 0 aliphatic rings. The number of amides is 2. The van der Waals surface area contributed by atoms with Gasteiger partial charge in [-0.3, -0.25) is 9.59 Å². The second-order valence-electron chi connectivity index (χ2n) is 9.41. The molecule has 0 saturated heterocycles. The molecule has 7 nitrogen and oxygen atoms in total. The fourth-order valence-corrected chi connectivity index (χ4v) is 3.55. The predicted molar refractivity (Wildman–Crippen MR) is 141 cm³/mol. The Morgan fingerprint density at radius 1 is 1.03 bits per heavy atom. The van der Waals surface area contributed by atoms with E-state index >= 15 is 0 Å². The van der Waals surface area contributed by atoms with Crippen molar-refractivity contribution in [1.82, 2.24) is 9.88 Å². The van der Waals surface area contributed by atoms with Crippen LogP contribution in [-0.4, -0.2) is 49.4 Å². The van der Waals surface area contributed by atoms with E-state index in [0.29, 0.717) is 33.5 Å². The number of carbonyl (C=O) groups excluding carboxylic acids is 2. The molecule has 1 aromatic heterocycles. The zero-order valence-corrected chi connectivity index (χ0v) is 21.7. The van der Waals surface area contributed by atoms with Gasteiger partial charge in [0.1, 0.15) is 5.75 Å². The van der Waals surface area contributed by atoms with Gasteiger partial charge in [-0.2, -0.15) is 0 Å². The first kappa shape index (κ1) is 26.0. The van der Waals surface area contributed by atoms with Crippen molar-refractivity contribution in [3.63, 3.8) is 0 Å². The first-order valence-corrected chi connectivity index (χ1v) is 11.6. The first-order chi connectivity index (χ1) is 16.5. The highest BCUT2D eigenvalue weighted by atomic mass is 35.5. The number of ether oxygens (including phenoxy) is 1. The highest BCUT2D eigenvalue weighted by Gasteiger charge is 2.19. The molecule has 0 aliphatic heterocycles. The Hall–Kier alpha value is -3.58. The number of nitrogens with zero attached hydrogens (tertiary/aromatic N) is 3. The van der Waals surface area contributed by atoms with Crippen molar-refractivity contribution in [3.05, 3.63) is 76.9 Å². The van der Waals surface area contributed by atoms with Gasteiger partial charge in [-0.25, -0.2) is 4.98 Å². The maximum absolute atomic E-state index is 13.1. The van der Waals surface area contributed by atoms with E-state index in [4.69, 9.17) is 16.3 Å². The predicted octanol–water partition coefficient (Wildman–Crippen LogP) is 5.52. The molecule has 0 bridgehead atoms. The summed E-state index contributed by atoms with van der Waals surface area (Å²) in [6.45, 7) is 6.28. The quantitative estimate of drug-likeness (QED) is 0.468. The molecule has 0 fully saturated rings. The third-order valence-electron chi connectivity index (χ3n) is 5.50. The van der Waals surface area contributed by atoms with Crippen molar-refractivity contribution < 1.29 is 14.3 Å². The lowest BCUT2D eigenvalue weighted by Gasteiger charge is -2.23. The second-order valence-corrected chi connectivity index (χ2v) is 9.82. The zero-order chi connectivity index (χ0) is 25.8. The number of carbonyl (C=O) groups is 2. The minimum absolute atomic E-state index is 0.0264. The average Bonchev–Trinajstić information content (AvgIpc) is 2.82. The fourth-order valence-electron chi connectivity index (χ4n) is 3.31. The monoisotopic (exact) mass is 494 g/mol. The number of halogens is 1. The molecule has 184 valence electrons. The summed E-state index contributed by atoms with van der Waals surface area (Å²) in [5.41, 5.74) is 2.87. The van der Waals surface area contributed by atoms with Crippen LogP contribution in [0.5, 0.6) is 5.75 Å². The summed E-state index contributed by atoms with van der Waals surface area (Å²) in [5.74, 6) is 0.463. The number of aromatic nitrogens is 1. The first-order valence-electron chi connectivity index (χ1n) is 11.2. The molecule has 0 aliphatic carbocycles. The van der Waals surface area contributed by atoms with Crippen molar-refractivity contribution in [2.45, 2.75) is 26.2 Å². The summed E-state index contributed by atoms with van der Waals surface area (Å²) in [6, 6.07) is 16.3. The van der Waals surface area contributed by atoms with Crippen LogP contribution in [0.25, 0.3) is 0 Å². The second kappa shape index (κ2) is 10.8. The summed E-state index contributed by atoms with van der Waals surface area (Å²) in [4.78, 5) is 32.7. The molecule has 3 aromatic rings. The molecule has 2 aromatic carbocycles. The number of likely N-dealkylation sites (N-methyl/N-ethyl adjacent to an activating group) is 1. The Balaban J connectivity index is 1.91. The van der Waals surface area contributed by atoms with Gasteiger partial charge in [-0.05, 0) is 53.4 Å². The number of rotatable bonds is 7. The van der Waals surface area contributed by atoms with Crippen LogP contribution in [0.15, 0.2) is 60.8 Å². The highest BCUT2D eigenvalue weighted by Crippen LogP contribution is 2.36. The Kier molecular flexibility index (Phi) is 8.02. The lowest BCUT2D eigenvalue weighted by atomic mass is 9.87. The molecule has 0 unspecified atom stereocenters. The van der Waals surface area contributed by atoms with E-state index in [1.165, 1.54) is 10.5 Å². The standard InChI is InChI=1S/C27H31ClN4O3/c1-27(2,3)19-10-12-20(13-11-19)30-26(34)18-9-14-23(35-17-24(33)31(4)5)22(16-18)32(6)25-21(28)8-7-15-29-25/h7-16H,17H2,1-6H3,(H,30,34). The highest BCUT2D eigenvalue weighted by molar-refractivity contribution is 6.33. The van der Waals surface area contributed by atoms with E-state index in [-0.39, 0.29) is 23.8 Å². The lowest BCUT2D eigenvalue weighted by Crippen LogP contribution is -2.28. The summed E-state index contributed by atoms with van der Waals surface area (Å²) < 4.78 is 5.81. The van der Waals surface area contributed by atoms with Gasteiger partial charge in [-0.1, -0.05) is 44.5 Å². The van der Waals surface area contributed by atoms with Crippen LogP contribution >= 0.6 is 11.6 Å². The van der Waals surface area contributed by atoms with E-state index in [1.54, 1.807) is 62.6 Å². The van der Waals surface area contributed by atoms with Gasteiger partial charge in [0.05, 0.1) is 10.7 Å². The number of anilines is 3. The van der Waals surface area contributed by atoms with E-state index in [0.717, 1.165) is 0 Å². The van der Waals surface area contributed by atoms with Gasteiger partial charge >= 0.3 is 0 Å². The van der Waals surface area contributed by atoms with Crippen LogP contribution in [-0.2, 0) is 10.2 Å². The molecule has 0 spiro atoms. The Labute approximate surface area is 211 Å². The molecule has 0 radical (unpaired) electrons. The topological polar surface area (TPSA) is 74.8 Å². The van der Waals surface area contributed by atoms with Crippen LogP contribution in [0.3, 0.4) is 0 Å². The van der Waals surface area contributed by atoms with E-state index in [1.807, 2.05) is 24.3 Å². The largest absolute Gasteiger partial charge is 0.482 e. The third-order valence-corrected chi connectivity index (χ3v) is 5.79. The normalized spacial score (nSPS) is 11.1. The van der Waals surface area contributed by atoms with Crippen molar-refractivity contribution >= 4 is 40.6 Å². The Morgan fingerprint density at radius 3 is 2.31 bits per heavy atom. The fraction of sp³-hybridized carbons (Fsp3) is 0.296. The van der Waals surface area contributed by atoms with Crippen molar-refractivity contribution in [2.24, 2.45) is 0 Å². The smallest absolute Gasteiger partial charge is 0.259 e. The van der Waals surface area contributed by atoms with Crippen LogP contribution in [0.1, 0.15) is 36.7 Å². The molecule has 0 saturated carbocycles. The van der Waals surface area contributed by atoms with Crippen LogP contribution < -0.4 is 15.0 Å². The summed E-state index contributed by atoms with van der Waals surface area (Å²) in [5, 5.41) is 3.38. The van der Waals surface area contributed by atoms with Gasteiger partial charge < -0.3 is 19.9 Å². The summed E-state index contributed by atoms with van der Waals surface area (Å²) in [7, 11) is 5.10. The van der Waals surface area contributed by atoms with Crippen LogP contribution in [0.4, 0.5) is 17.2 Å². The maximum atomic E-state index is 13.1. The Bertz CT molecular complexity index is 1200. The van der Waals surface area contributed by atoms with Crippen LogP contribution in [0, 0.1) is 0 Å². The number of nitrogens with one attached hydrogen (secondary N) is 1. The van der Waals surface area contributed by atoms with Crippen LogP contribution in [0.2, 0.25) is 5.02 Å². The molecule has 35 heavy (non-hydrogen) atoms. The minimum atomic E-state index is -0.272. The van der Waals surface area contributed by atoms with E-state index in [9.17, 15) is 9.59 Å².